The van der Waals surface area contributed by atoms with Crippen molar-refractivity contribution >= 4 is 28.4 Å². The molecule has 10 heavy (non-hydrogen) atoms. The van der Waals surface area contributed by atoms with Crippen molar-refractivity contribution < 1.29 is 4.79 Å². The molecule has 1 saturated carbocycles. The van der Waals surface area contributed by atoms with Crippen LogP contribution < -0.4 is 0 Å². The van der Waals surface area contributed by atoms with Gasteiger partial charge in [0.1, 0.15) is 0 Å². The summed E-state index contributed by atoms with van der Waals surface area (Å²) in [6.45, 7) is 0. The molecule has 0 aromatic heterocycles. The number of rotatable bonds is 1. The number of hydrogen-bond donors (Lipinski definition) is 0. The molecular weight excluding hydrogens is 171 g/mol. The van der Waals surface area contributed by atoms with Gasteiger partial charge >= 0.3 is 0 Å². The summed E-state index contributed by atoms with van der Waals surface area (Å²) in [5, 5.41) is -0.279. The van der Waals surface area contributed by atoms with E-state index < -0.39 is 0 Å². The van der Waals surface area contributed by atoms with E-state index in [1.165, 1.54) is 0 Å². The molecule has 0 heterocycles. The number of carbonyl (C=O) groups is 1. The summed E-state index contributed by atoms with van der Waals surface area (Å²) in [5.41, 5.74) is 0. The van der Waals surface area contributed by atoms with E-state index in [1.807, 2.05) is 0 Å². The van der Waals surface area contributed by atoms with E-state index in [0.717, 1.165) is 25.7 Å². The highest BCUT2D eigenvalue weighted by molar-refractivity contribution is 6.64. The Labute approximate surface area is 70.7 Å². The molecule has 0 amide bonds. The summed E-state index contributed by atoms with van der Waals surface area (Å²) < 4.78 is 0. The van der Waals surface area contributed by atoms with E-state index in [0.29, 0.717) is 0 Å². The fourth-order valence-electron chi connectivity index (χ4n) is 1.34. The van der Waals surface area contributed by atoms with Crippen molar-refractivity contribution in [2.75, 3.05) is 0 Å². The standard InChI is InChI=1S/C7H10Cl2O/c8-6-4-2-1-3-5(6)7(9)10/h5-6H,1-4H2. The first-order chi connectivity index (χ1) is 4.72. The van der Waals surface area contributed by atoms with Gasteiger partial charge < -0.3 is 0 Å². The highest BCUT2D eigenvalue weighted by Crippen LogP contribution is 2.29. The topological polar surface area (TPSA) is 17.1 Å². The Kier molecular flexibility index (Phi) is 2.99. The van der Waals surface area contributed by atoms with Crippen molar-refractivity contribution in [2.24, 2.45) is 5.92 Å². The maximum atomic E-state index is 10.7. The molecule has 2 atom stereocenters. The van der Waals surface area contributed by atoms with Crippen LogP contribution in [0.25, 0.3) is 0 Å². The first-order valence-corrected chi connectivity index (χ1v) is 4.36. The molecule has 0 saturated heterocycles. The minimum atomic E-state index is -0.264. The maximum Gasteiger partial charge on any atom is 0.226 e. The van der Waals surface area contributed by atoms with Gasteiger partial charge in [0.15, 0.2) is 0 Å². The van der Waals surface area contributed by atoms with Crippen LogP contribution in [-0.4, -0.2) is 10.6 Å². The zero-order chi connectivity index (χ0) is 7.56. The summed E-state index contributed by atoms with van der Waals surface area (Å²) in [6.07, 6.45) is 4.03. The molecule has 1 aliphatic carbocycles. The molecule has 1 fully saturated rings. The number of carbonyl (C=O) groups excluding carboxylic acids is 1. The van der Waals surface area contributed by atoms with Gasteiger partial charge in [-0.3, -0.25) is 4.79 Å². The second-order valence-electron chi connectivity index (χ2n) is 2.71. The molecular formula is C7H10Cl2O. The van der Waals surface area contributed by atoms with Gasteiger partial charge in [-0.1, -0.05) is 12.8 Å². The van der Waals surface area contributed by atoms with Gasteiger partial charge in [0.2, 0.25) is 5.24 Å². The third-order valence-corrected chi connectivity index (χ3v) is 2.78. The Bertz CT molecular complexity index is 136. The van der Waals surface area contributed by atoms with E-state index in [4.69, 9.17) is 23.2 Å². The lowest BCUT2D eigenvalue weighted by Crippen LogP contribution is -2.24. The first kappa shape index (κ1) is 8.35. The average molecular weight is 181 g/mol. The van der Waals surface area contributed by atoms with Crippen LogP contribution in [0.2, 0.25) is 0 Å². The Hall–Kier alpha value is 0.250. The highest BCUT2D eigenvalue weighted by atomic mass is 35.5. The molecule has 3 heteroatoms. The first-order valence-electron chi connectivity index (χ1n) is 3.55. The SMILES string of the molecule is O=C(Cl)C1CCCCC1Cl. The molecule has 1 nitrogen and oxygen atoms in total. The van der Waals surface area contributed by atoms with Gasteiger partial charge in [-0.15, -0.1) is 11.6 Å². The molecule has 0 radical (unpaired) electrons. The Balaban J connectivity index is 2.47. The van der Waals surface area contributed by atoms with E-state index >= 15 is 0 Å². The highest BCUT2D eigenvalue weighted by Gasteiger charge is 2.27. The smallest absolute Gasteiger partial charge is 0.226 e. The normalized spacial score (nSPS) is 33.8. The second kappa shape index (κ2) is 3.59. The van der Waals surface area contributed by atoms with Gasteiger partial charge in [0.05, 0.1) is 0 Å². The fourth-order valence-corrected chi connectivity index (χ4v) is 2.06. The molecule has 2 unspecified atom stereocenters. The van der Waals surface area contributed by atoms with Crippen LogP contribution in [0.1, 0.15) is 25.7 Å². The van der Waals surface area contributed by atoms with Crippen molar-refractivity contribution in [1.82, 2.24) is 0 Å². The summed E-state index contributed by atoms with van der Waals surface area (Å²) >= 11 is 11.2. The van der Waals surface area contributed by atoms with Crippen molar-refractivity contribution in [3.05, 3.63) is 0 Å². The zero-order valence-corrected chi connectivity index (χ0v) is 7.16. The summed E-state index contributed by atoms with van der Waals surface area (Å²) in [6, 6.07) is 0. The monoisotopic (exact) mass is 180 g/mol. The molecule has 0 aromatic carbocycles. The quantitative estimate of drug-likeness (QED) is 0.448. The maximum absolute atomic E-state index is 10.7. The Morgan fingerprint density at radius 1 is 1.30 bits per heavy atom. The lowest BCUT2D eigenvalue weighted by Gasteiger charge is -2.23. The lowest BCUT2D eigenvalue weighted by atomic mass is 9.90. The molecule has 0 spiro atoms. The van der Waals surface area contributed by atoms with Gasteiger partial charge in [0.25, 0.3) is 0 Å². The van der Waals surface area contributed by atoms with E-state index in [9.17, 15) is 4.79 Å². The third-order valence-electron chi connectivity index (χ3n) is 1.97. The third kappa shape index (κ3) is 1.86. The predicted molar refractivity (Wildman–Crippen MR) is 42.5 cm³/mol. The molecule has 0 aliphatic heterocycles. The summed E-state index contributed by atoms with van der Waals surface area (Å²) in [4.78, 5) is 10.7. The van der Waals surface area contributed by atoms with Crippen LogP contribution in [-0.2, 0) is 4.79 Å². The number of alkyl halides is 1. The largest absolute Gasteiger partial charge is 0.281 e. The Morgan fingerprint density at radius 2 is 1.90 bits per heavy atom. The Morgan fingerprint density at radius 3 is 2.30 bits per heavy atom. The summed E-state index contributed by atoms with van der Waals surface area (Å²) in [7, 11) is 0. The van der Waals surface area contributed by atoms with E-state index in [1.54, 1.807) is 0 Å². The van der Waals surface area contributed by atoms with Crippen LogP contribution in [0.15, 0.2) is 0 Å². The van der Waals surface area contributed by atoms with Crippen molar-refractivity contribution in [3.63, 3.8) is 0 Å². The van der Waals surface area contributed by atoms with Crippen LogP contribution >= 0.6 is 23.2 Å². The molecule has 1 aliphatic rings. The van der Waals surface area contributed by atoms with Gasteiger partial charge in [0, 0.05) is 11.3 Å². The van der Waals surface area contributed by atoms with Gasteiger partial charge in [-0.05, 0) is 24.4 Å². The molecule has 0 bridgehead atoms. The average Bonchev–Trinajstić information content (AvgIpc) is 1.88. The zero-order valence-electron chi connectivity index (χ0n) is 5.65. The molecule has 1 rings (SSSR count). The summed E-state index contributed by atoms with van der Waals surface area (Å²) in [5.74, 6) is -0.0860. The van der Waals surface area contributed by atoms with Crippen molar-refractivity contribution in [1.29, 1.82) is 0 Å². The second-order valence-corrected chi connectivity index (χ2v) is 3.64. The van der Waals surface area contributed by atoms with Crippen LogP contribution in [0.3, 0.4) is 0 Å². The van der Waals surface area contributed by atoms with Gasteiger partial charge in [-0.25, -0.2) is 0 Å². The van der Waals surface area contributed by atoms with Crippen molar-refractivity contribution in [2.45, 2.75) is 31.1 Å². The molecule has 58 valence electrons. The van der Waals surface area contributed by atoms with E-state index in [2.05, 4.69) is 0 Å². The van der Waals surface area contributed by atoms with Gasteiger partial charge in [-0.2, -0.15) is 0 Å². The fraction of sp³-hybridized carbons (Fsp3) is 0.857. The van der Waals surface area contributed by atoms with E-state index in [-0.39, 0.29) is 16.5 Å². The number of halogens is 2. The molecule has 0 N–H and O–H groups in total. The van der Waals surface area contributed by atoms with Crippen LogP contribution in [0.5, 0.6) is 0 Å². The predicted octanol–water partition coefficient (Wildman–Crippen LogP) is 2.55. The van der Waals surface area contributed by atoms with Crippen molar-refractivity contribution in [3.8, 4) is 0 Å². The van der Waals surface area contributed by atoms with Crippen LogP contribution in [0.4, 0.5) is 0 Å². The lowest BCUT2D eigenvalue weighted by molar-refractivity contribution is -0.115. The minimum absolute atomic E-state index is 0.0150. The number of hydrogen-bond acceptors (Lipinski definition) is 1. The minimum Gasteiger partial charge on any atom is -0.281 e. The molecule has 0 aromatic rings. The van der Waals surface area contributed by atoms with Crippen LogP contribution in [0, 0.1) is 5.92 Å².